The molecule has 0 spiro atoms. The second kappa shape index (κ2) is 14.6. The van der Waals surface area contributed by atoms with Gasteiger partial charge in [0.15, 0.2) is 22.7 Å². The van der Waals surface area contributed by atoms with Gasteiger partial charge in [-0.15, -0.1) is 15.0 Å². The SMILES string of the molecule is COc1cc(NC(=O)c2cc(=O)c3ccccc3o2)c(-c2nnn(-c3ccc(CCN4CCc5ccc(Cn6ccnc6)cc5C4)cc3)n2)cc1OC. The average molecular weight is 709 g/mol. The van der Waals surface area contributed by atoms with Crippen LogP contribution >= 0.6 is 0 Å². The largest absolute Gasteiger partial charge is 0.493 e. The molecule has 1 N–H and O–H groups in total. The molecule has 1 aliphatic heterocycles. The molecule has 0 saturated heterocycles. The number of aromatic nitrogens is 6. The Hall–Kier alpha value is -6.60. The van der Waals surface area contributed by atoms with E-state index < -0.39 is 5.91 Å². The summed E-state index contributed by atoms with van der Waals surface area (Å²) in [6.45, 7) is 3.74. The Bertz CT molecular complexity index is 2470. The summed E-state index contributed by atoms with van der Waals surface area (Å²) in [4.78, 5) is 34.2. The highest BCUT2D eigenvalue weighted by atomic mass is 16.5. The van der Waals surface area contributed by atoms with Crippen molar-refractivity contribution < 1.29 is 18.7 Å². The number of carbonyl (C=O) groups excluding carboxylic acids is 1. The Morgan fingerprint density at radius 1 is 0.925 bits per heavy atom. The van der Waals surface area contributed by atoms with Crippen LogP contribution in [0.15, 0.2) is 113 Å². The van der Waals surface area contributed by atoms with Gasteiger partial charge in [0.1, 0.15) is 5.58 Å². The summed E-state index contributed by atoms with van der Waals surface area (Å²) >= 11 is 0. The summed E-state index contributed by atoms with van der Waals surface area (Å²) in [6.07, 6.45) is 7.60. The molecule has 8 rings (SSSR count). The summed E-state index contributed by atoms with van der Waals surface area (Å²) in [6, 6.07) is 26.1. The van der Waals surface area contributed by atoms with Gasteiger partial charge in [-0.3, -0.25) is 14.5 Å². The molecule has 53 heavy (non-hydrogen) atoms. The summed E-state index contributed by atoms with van der Waals surface area (Å²) in [5.41, 5.74) is 6.78. The third-order valence-electron chi connectivity index (χ3n) is 9.46. The molecule has 3 aromatic heterocycles. The number of fused-ring (bicyclic) bond motifs is 2. The van der Waals surface area contributed by atoms with Crippen LogP contribution in [0.3, 0.4) is 0 Å². The second-order valence-electron chi connectivity index (χ2n) is 12.9. The maximum Gasteiger partial charge on any atom is 0.291 e. The smallest absolute Gasteiger partial charge is 0.291 e. The molecular weight excluding hydrogens is 672 g/mol. The van der Waals surface area contributed by atoms with Crippen molar-refractivity contribution in [2.45, 2.75) is 25.9 Å². The number of nitrogens with one attached hydrogen (secondary N) is 1. The van der Waals surface area contributed by atoms with Crippen molar-refractivity contribution in [1.29, 1.82) is 0 Å². The molecule has 1 aliphatic rings. The fraction of sp³-hybridized carbons (Fsp3) is 0.200. The van der Waals surface area contributed by atoms with Crippen LogP contribution in [-0.2, 0) is 25.9 Å². The lowest BCUT2D eigenvalue weighted by atomic mass is 9.97. The predicted octanol–water partition coefficient (Wildman–Crippen LogP) is 5.55. The molecule has 0 saturated carbocycles. The number of methoxy groups -OCH3 is 2. The first-order chi connectivity index (χ1) is 25.9. The zero-order valence-corrected chi connectivity index (χ0v) is 29.2. The highest BCUT2D eigenvalue weighted by Crippen LogP contribution is 2.38. The number of tetrazole rings is 1. The number of anilines is 1. The number of benzene rings is 4. The normalized spacial score (nSPS) is 12.8. The first-order valence-electron chi connectivity index (χ1n) is 17.2. The number of para-hydroxylation sites is 1. The predicted molar refractivity (Wildman–Crippen MR) is 199 cm³/mol. The molecule has 13 heteroatoms. The minimum absolute atomic E-state index is 0.146. The second-order valence-corrected chi connectivity index (χ2v) is 12.9. The van der Waals surface area contributed by atoms with Crippen molar-refractivity contribution in [2.75, 3.05) is 32.6 Å². The lowest BCUT2D eigenvalue weighted by Crippen LogP contribution is -2.32. The molecule has 0 bridgehead atoms. The van der Waals surface area contributed by atoms with Crippen molar-refractivity contribution >= 4 is 22.6 Å². The molecule has 0 aliphatic carbocycles. The van der Waals surface area contributed by atoms with E-state index in [0.29, 0.717) is 33.7 Å². The van der Waals surface area contributed by atoms with Crippen LogP contribution in [0.5, 0.6) is 11.5 Å². The number of carbonyl (C=O) groups is 1. The lowest BCUT2D eigenvalue weighted by Gasteiger charge is -2.29. The first kappa shape index (κ1) is 33.5. The van der Waals surface area contributed by atoms with Gasteiger partial charge < -0.3 is 23.8 Å². The molecule has 7 aromatic rings. The third kappa shape index (κ3) is 7.14. The van der Waals surface area contributed by atoms with E-state index in [2.05, 4.69) is 65.5 Å². The number of rotatable bonds is 11. The van der Waals surface area contributed by atoms with Crippen LogP contribution in [-0.4, -0.2) is 67.9 Å². The maximum atomic E-state index is 13.4. The van der Waals surface area contributed by atoms with Gasteiger partial charge >= 0.3 is 0 Å². The van der Waals surface area contributed by atoms with E-state index in [9.17, 15) is 9.59 Å². The van der Waals surface area contributed by atoms with E-state index >= 15 is 0 Å². The zero-order valence-electron chi connectivity index (χ0n) is 29.2. The standard InChI is InChI=1S/C40H36N8O5/c1-51-36-20-32(33(21-37(36)52-2)42-40(50)38-22-34(49)31-5-3-4-6-35(31)53-38)39-43-45-48(44-39)30-11-8-26(9-12-30)13-16-46-17-14-28-10-7-27(19-29(28)24-46)23-47-18-15-41-25-47/h3-12,15,18-22,25H,13-14,16-17,23-24H2,1-2H3,(H,42,50). The molecule has 0 unspecified atom stereocenters. The van der Waals surface area contributed by atoms with Crippen LogP contribution in [0.25, 0.3) is 28.0 Å². The fourth-order valence-corrected chi connectivity index (χ4v) is 6.63. The third-order valence-corrected chi connectivity index (χ3v) is 9.46. The van der Waals surface area contributed by atoms with Crippen LogP contribution in [0.1, 0.15) is 32.8 Å². The molecule has 1 amide bonds. The van der Waals surface area contributed by atoms with Gasteiger partial charge in [0.05, 0.1) is 42.9 Å². The van der Waals surface area contributed by atoms with Gasteiger partial charge in [-0.1, -0.05) is 42.5 Å². The Morgan fingerprint density at radius 3 is 2.55 bits per heavy atom. The number of amides is 1. The van der Waals surface area contributed by atoms with Crippen LogP contribution in [0.4, 0.5) is 5.69 Å². The molecular formula is C40H36N8O5. The van der Waals surface area contributed by atoms with Gasteiger partial charge in [-0.05, 0) is 70.6 Å². The van der Waals surface area contributed by atoms with E-state index in [0.717, 1.165) is 44.7 Å². The van der Waals surface area contributed by atoms with E-state index in [1.165, 1.54) is 47.3 Å². The van der Waals surface area contributed by atoms with Gasteiger partial charge in [-0.2, -0.15) is 0 Å². The number of ether oxygens (including phenoxy) is 2. The van der Waals surface area contributed by atoms with Crippen molar-refractivity contribution in [3.63, 3.8) is 0 Å². The Morgan fingerprint density at radius 2 is 1.74 bits per heavy atom. The molecule has 13 nitrogen and oxygen atoms in total. The fourth-order valence-electron chi connectivity index (χ4n) is 6.63. The molecule has 0 fully saturated rings. The van der Waals surface area contributed by atoms with Crippen LogP contribution in [0, 0.1) is 0 Å². The zero-order chi connectivity index (χ0) is 36.3. The van der Waals surface area contributed by atoms with E-state index in [-0.39, 0.29) is 17.0 Å². The lowest BCUT2D eigenvalue weighted by molar-refractivity contribution is 0.0997. The number of nitrogens with zero attached hydrogens (tertiary/aromatic N) is 7. The summed E-state index contributed by atoms with van der Waals surface area (Å²) in [7, 11) is 3.01. The van der Waals surface area contributed by atoms with Crippen molar-refractivity contribution in [3.05, 3.63) is 142 Å². The van der Waals surface area contributed by atoms with Crippen molar-refractivity contribution in [3.8, 4) is 28.6 Å². The van der Waals surface area contributed by atoms with Gasteiger partial charge in [-0.25, -0.2) is 4.98 Å². The van der Waals surface area contributed by atoms with Gasteiger partial charge in [0.2, 0.25) is 5.82 Å². The summed E-state index contributed by atoms with van der Waals surface area (Å²) in [5.74, 6) is 0.244. The average Bonchev–Trinajstić information content (AvgIpc) is 3.90. The topological polar surface area (TPSA) is 142 Å². The Kier molecular flexibility index (Phi) is 9.21. The quantitative estimate of drug-likeness (QED) is 0.182. The Labute approximate surface area is 304 Å². The minimum atomic E-state index is -0.631. The highest BCUT2D eigenvalue weighted by molar-refractivity contribution is 6.05. The number of imidazole rings is 1. The van der Waals surface area contributed by atoms with Crippen molar-refractivity contribution in [1.82, 2.24) is 34.7 Å². The first-order valence-corrected chi connectivity index (χ1v) is 17.2. The highest BCUT2D eigenvalue weighted by Gasteiger charge is 2.21. The minimum Gasteiger partial charge on any atom is -0.493 e. The monoisotopic (exact) mass is 708 g/mol. The van der Waals surface area contributed by atoms with E-state index in [4.69, 9.17) is 13.9 Å². The molecule has 4 aromatic carbocycles. The molecule has 0 atom stereocenters. The molecule has 0 radical (unpaired) electrons. The number of hydrogen-bond acceptors (Lipinski definition) is 10. The molecule has 266 valence electrons. The molecule has 4 heterocycles. The van der Waals surface area contributed by atoms with Crippen LogP contribution < -0.4 is 20.2 Å². The van der Waals surface area contributed by atoms with Crippen LogP contribution in [0.2, 0.25) is 0 Å². The Balaban J connectivity index is 0.964. The van der Waals surface area contributed by atoms with E-state index in [1.807, 2.05) is 30.9 Å². The number of hydrogen-bond donors (Lipinski definition) is 1. The van der Waals surface area contributed by atoms with Gasteiger partial charge in [0, 0.05) is 50.7 Å². The van der Waals surface area contributed by atoms with E-state index in [1.54, 1.807) is 36.4 Å². The maximum absolute atomic E-state index is 13.4. The van der Waals surface area contributed by atoms with Crippen molar-refractivity contribution in [2.24, 2.45) is 0 Å². The summed E-state index contributed by atoms with van der Waals surface area (Å²) < 4.78 is 18.9. The van der Waals surface area contributed by atoms with Gasteiger partial charge in [0.25, 0.3) is 5.91 Å². The summed E-state index contributed by atoms with van der Waals surface area (Å²) in [5, 5.41) is 16.5.